The fourth-order valence-electron chi connectivity index (χ4n) is 2.96. The molecule has 0 saturated carbocycles. The average Bonchev–Trinajstić information content (AvgIpc) is 2.87. The van der Waals surface area contributed by atoms with Gasteiger partial charge in [-0.2, -0.15) is 0 Å². The number of carbonyl (C=O) groups is 1. The molecule has 21 heavy (non-hydrogen) atoms. The third-order valence-corrected chi connectivity index (χ3v) is 4.42. The van der Waals surface area contributed by atoms with Crippen molar-refractivity contribution in [2.45, 2.75) is 33.7 Å². The molecule has 1 fully saturated rings. The Balaban J connectivity index is 2.12. The van der Waals surface area contributed by atoms with Gasteiger partial charge in [0.15, 0.2) is 0 Å². The van der Waals surface area contributed by atoms with Crippen LogP contribution in [-0.4, -0.2) is 36.2 Å². The summed E-state index contributed by atoms with van der Waals surface area (Å²) in [6.07, 6.45) is 1.20. The predicted molar refractivity (Wildman–Crippen MR) is 82.8 cm³/mol. The van der Waals surface area contributed by atoms with Crippen molar-refractivity contribution in [3.8, 4) is 5.75 Å². The highest BCUT2D eigenvalue weighted by Gasteiger charge is 2.31. The quantitative estimate of drug-likeness (QED) is 0.925. The molecule has 0 bridgehead atoms. The lowest BCUT2D eigenvalue weighted by Gasteiger charge is -2.27. The van der Waals surface area contributed by atoms with Crippen molar-refractivity contribution >= 4 is 5.97 Å². The zero-order valence-corrected chi connectivity index (χ0v) is 13.3. The minimum Gasteiger partial charge on any atom is -0.496 e. The predicted octanol–water partition coefficient (Wildman–Crippen LogP) is 3.26. The van der Waals surface area contributed by atoms with Crippen LogP contribution >= 0.6 is 0 Å². The number of hydrogen-bond donors (Lipinski definition) is 1. The van der Waals surface area contributed by atoms with Crippen LogP contribution < -0.4 is 4.74 Å². The monoisotopic (exact) mass is 291 g/mol. The number of likely N-dealkylation sites (tertiary alicyclic amines) is 1. The lowest BCUT2D eigenvalue weighted by atomic mass is 9.80. The van der Waals surface area contributed by atoms with Crippen molar-refractivity contribution in [3.05, 3.63) is 29.3 Å². The van der Waals surface area contributed by atoms with Crippen LogP contribution in [0.5, 0.6) is 5.75 Å². The summed E-state index contributed by atoms with van der Waals surface area (Å²) >= 11 is 0. The lowest BCUT2D eigenvalue weighted by Crippen LogP contribution is -2.26. The molecule has 1 N–H and O–H groups in total. The summed E-state index contributed by atoms with van der Waals surface area (Å²) in [6, 6.07) is 5.06. The van der Waals surface area contributed by atoms with Gasteiger partial charge >= 0.3 is 5.97 Å². The molecule has 1 unspecified atom stereocenters. The molecule has 1 heterocycles. The van der Waals surface area contributed by atoms with Gasteiger partial charge in [0, 0.05) is 18.7 Å². The summed E-state index contributed by atoms with van der Waals surface area (Å²) in [6.45, 7) is 9.72. The first-order chi connectivity index (χ1) is 9.81. The number of ether oxygens (including phenoxy) is 1. The summed E-state index contributed by atoms with van der Waals surface area (Å²) in [5.41, 5.74) is 1.59. The molecule has 116 valence electrons. The standard InChI is InChI=1S/C17H25NO3/c1-17(2,3)14-7-8-18(11-14)10-13-9-12(16(19)20)5-6-15(13)21-4/h5-6,9,14H,7-8,10-11H2,1-4H3,(H,19,20). The Hall–Kier alpha value is -1.55. The molecule has 1 aromatic rings. The molecule has 1 atom stereocenters. The van der Waals surface area contributed by atoms with E-state index >= 15 is 0 Å². The van der Waals surface area contributed by atoms with E-state index in [1.807, 2.05) is 0 Å². The molecule has 0 amide bonds. The molecule has 1 aliphatic heterocycles. The van der Waals surface area contributed by atoms with E-state index in [2.05, 4.69) is 25.7 Å². The van der Waals surface area contributed by atoms with Crippen LogP contribution in [0.15, 0.2) is 18.2 Å². The van der Waals surface area contributed by atoms with Crippen molar-refractivity contribution in [2.75, 3.05) is 20.2 Å². The normalized spacial score (nSPS) is 19.7. The maximum Gasteiger partial charge on any atom is 0.335 e. The summed E-state index contributed by atoms with van der Waals surface area (Å²) in [7, 11) is 1.63. The van der Waals surface area contributed by atoms with E-state index in [0.29, 0.717) is 16.9 Å². The minimum atomic E-state index is -0.895. The number of hydrogen-bond acceptors (Lipinski definition) is 3. The molecule has 1 saturated heterocycles. The molecule has 0 aromatic heterocycles. The SMILES string of the molecule is COc1ccc(C(=O)O)cc1CN1CCC(C(C)(C)C)C1. The molecule has 2 rings (SSSR count). The smallest absolute Gasteiger partial charge is 0.335 e. The highest BCUT2D eigenvalue weighted by atomic mass is 16.5. The van der Waals surface area contributed by atoms with E-state index in [1.165, 1.54) is 6.42 Å². The van der Waals surface area contributed by atoms with Crippen molar-refractivity contribution < 1.29 is 14.6 Å². The number of aromatic carboxylic acids is 1. The molecule has 0 aliphatic carbocycles. The Morgan fingerprint density at radius 3 is 2.67 bits per heavy atom. The fraction of sp³-hybridized carbons (Fsp3) is 0.588. The zero-order chi connectivity index (χ0) is 15.6. The van der Waals surface area contributed by atoms with Gasteiger partial charge in [0.05, 0.1) is 12.7 Å². The molecule has 0 spiro atoms. The number of benzene rings is 1. The average molecular weight is 291 g/mol. The van der Waals surface area contributed by atoms with Crippen LogP contribution in [0, 0.1) is 11.3 Å². The summed E-state index contributed by atoms with van der Waals surface area (Å²) < 4.78 is 5.36. The number of rotatable bonds is 4. The highest BCUT2D eigenvalue weighted by molar-refractivity contribution is 5.88. The van der Waals surface area contributed by atoms with E-state index in [9.17, 15) is 4.79 Å². The van der Waals surface area contributed by atoms with Crippen LogP contribution in [0.3, 0.4) is 0 Å². The van der Waals surface area contributed by atoms with E-state index in [0.717, 1.165) is 30.9 Å². The van der Waals surface area contributed by atoms with Crippen LogP contribution in [-0.2, 0) is 6.54 Å². The largest absolute Gasteiger partial charge is 0.496 e. The second-order valence-electron chi connectivity index (χ2n) is 6.92. The minimum absolute atomic E-state index is 0.317. The van der Waals surface area contributed by atoms with Gasteiger partial charge in [-0.25, -0.2) is 4.79 Å². The Morgan fingerprint density at radius 2 is 2.14 bits per heavy atom. The van der Waals surface area contributed by atoms with Gasteiger partial charge in [0.1, 0.15) is 5.75 Å². The Bertz CT molecular complexity index is 519. The Morgan fingerprint density at radius 1 is 1.43 bits per heavy atom. The first kappa shape index (κ1) is 15.8. The van der Waals surface area contributed by atoms with Gasteiger partial charge in [-0.1, -0.05) is 20.8 Å². The molecular formula is C17H25NO3. The number of nitrogens with zero attached hydrogens (tertiary/aromatic N) is 1. The number of carboxylic acid groups (broad SMARTS) is 1. The lowest BCUT2D eigenvalue weighted by molar-refractivity contribution is 0.0696. The number of carboxylic acids is 1. The second kappa shape index (κ2) is 6.06. The third-order valence-electron chi connectivity index (χ3n) is 4.42. The van der Waals surface area contributed by atoms with E-state index < -0.39 is 5.97 Å². The van der Waals surface area contributed by atoms with Crippen molar-refractivity contribution in [1.29, 1.82) is 0 Å². The van der Waals surface area contributed by atoms with Gasteiger partial charge in [-0.05, 0) is 42.5 Å². The van der Waals surface area contributed by atoms with Gasteiger partial charge < -0.3 is 9.84 Å². The molecular weight excluding hydrogens is 266 g/mol. The van der Waals surface area contributed by atoms with E-state index in [1.54, 1.807) is 25.3 Å². The van der Waals surface area contributed by atoms with Crippen LogP contribution in [0.4, 0.5) is 0 Å². The van der Waals surface area contributed by atoms with Crippen LogP contribution in [0.2, 0.25) is 0 Å². The maximum atomic E-state index is 11.1. The first-order valence-corrected chi connectivity index (χ1v) is 7.44. The third kappa shape index (κ3) is 3.76. The first-order valence-electron chi connectivity index (χ1n) is 7.44. The molecule has 1 aliphatic rings. The molecule has 0 radical (unpaired) electrons. The highest BCUT2D eigenvalue weighted by Crippen LogP contribution is 2.34. The van der Waals surface area contributed by atoms with Gasteiger partial charge in [0.2, 0.25) is 0 Å². The summed E-state index contributed by atoms with van der Waals surface area (Å²) in [5.74, 6) is 0.554. The molecule has 4 heteroatoms. The van der Waals surface area contributed by atoms with Crippen molar-refractivity contribution in [3.63, 3.8) is 0 Å². The van der Waals surface area contributed by atoms with Crippen molar-refractivity contribution in [2.24, 2.45) is 11.3 Å². The molecule has 4 nitrogen and oxygen atoms in total. The van der Waals surface area contributed by atoms with Crippen molar-refractivity contribution in [1.82, 2.24) is 4.90 Å². The zero-order valence-electron chi connectivity index (χ0n) is 13.3. The topological polar surface area (TPSA) is 49.8 Å². The van der Waals surface area contributed by atoms with E-state index in [-0.39, 0.29) is 0 Å². The summed E-state index contributed by atoms with van der Waals surface area (Å²) in [5, 5.41) is 9.13. The molecule has 1 aromatic carbocycles. The maximum absolute atomic E-state index is 11.1. The Labute approximate surface area is 126 Å². The summed E-state index contributed by atoms with van der Waals surface area (Å²) in [4.78, 5) is 13.5. The van der Waals surface area contributed by atoms with Crippen LogP contribution in [0.25, 0.3) is 0 Å². The second-order valence-corrected chi connectivity index (χ2v) is 6.92. The number of methoxy groups -OCH3 is 1. The fourth-order valence-corrected chi connectivity index (χ4v) is 2.96. The van der Waals surface area contributed by atoms with E-state index in [4.69, 9.17) is 9.84 Å². The Kier molecular flexibility index (Phi) is 4.57. The van der Waals surface area contributed by atoms with Gasteiger partial charge in [0.25, 0.3) is 0 Å². The van der Waals surface area contributed by atoms with Crippen LogP contribution in [0.1, 0.15) is 43.1 Å². The van der Waals surface area contributed by atoms with Gasteiger partial charge in [-0.15, -0.1) is 0 Å². The van der Waals surface area contributed by atoms with Gasteiger partial charge in [-0.3, -0.25) is 4.90 Å².